The smallest absolute Gasteiger partial charge is 0.303 e. The molecule has 87 valence electrons. The lowest BCUT2D eigenvalue weighted by Crippen LogP contribution is -2.02. The molecule has 0 atom stereocenters. The van der Waals surface area contributed by atoms with Gasteiger partial charge in [-0.2, -0.15) is 0 Å². The number of carbonyl (C=O) groups is 1. The molecule has 0 aliphatic heterocycles. The summed E-state index contributed by atoms with van der Waals surface area (Å²) in [6.45, 7) is 4.24. The molecule has 3 heteroatoms. The third-order valence-corrected chi connectivity index (χ3v) is 2.19. The molecule has 16 heavy (non-hydrogen) atoms. The van der Waals surface area contributed by atoms with E-state index in [-0.39, 0.29) is 6.42 Å². The maximum atomic E-state index is 10.3. The van der Waals surface area contributed by atoms with Gasteiger partial charge in [-0.3, -0.25) is 4.79 Å². The van der Waals surface area contributed by atoms with E-state index in [1.54, 1.807) is 0 Å². The van der Waals surface area contributed by atoms with Gasteiger partial charge in [-0.05, 0) is 37.0 Å². The maximum absolute atomic E-state index is 10.3. The fourth-order valence-corrected chi connectivity index (χ4v) is 1.37. The zero-order valence-corrected chi connectivity index (χ0v) is 9.32. The van der Waals surface area contributed by atoms with Gasteiger partial charge in [0.1, 0.15) is 5.75 Å². The third kappa shape index (κ3) is 4.82. The first-order valence-corrected chi connectivity index (χ1v) is 5.45. The minimum atomic E-state index is -0.783. The third-order valence-electron chi connectivity index (χ3n) is 2.19. The SMILES string of the molecule is [CH2]CCc1ccc(OCCCC(=O)O)cc1. The van der Waals surface area contributed by atoms with E-state index in [4.69, 9.17) is 9.84 Å². The number of carboxylic acid groups (broad SMARTS) is 1. The summed E-state index contributed by atoms with van der Waals surface area (Å²) in [5.41, 5.74) is 1.24. The van der Waals surface area contributed by atoms with Crippen LogP contribution in [0.25, 0.3) is 0 Å². The highest BCUT2D eigenvalue weighted by Crippen LogP contribution is 2.13. The summed E-state index contributed by atoms with van der Waals surface area (Å²) < 4.78 is 5.41. The van der Waals surface area contributed by atoms with E-state index in [2.05, 4.69) is 6.92 Å². The fourth-order valence-electron chi connectivity index (χ4n) is 1.37. The van der Waals surface area contributed by atoms with Gasteiger partial charge < -0.3 is 9.84 Å². The molecule has 0 saturated heterocycles. The Morgan fingerprint density at radius 3 is 2.56 bits per heavy atom. The Kier molecular flexibility index (Phi) is 5.40. The second-order valence-electron chi connectivity index (χ2n) is 3.59. The van der Waals surface area contributed by atoms with Crippen molar-refractivity contribution < 1.29 is 14.6 Å². The molecule has 1 aromatic rings. The number of rotatable bonds is 7. The fraction of sp³-hybridized carbons (Fsp3) is 0.385. The number of aliphatic carboxylic acids is 1. The lowest BCUT2D eigenvalue weighted by atomic mass is 10.1. The van der Waals surface area contributed by atoms with Crippen molar-refractivity contribution in [1.29, 1.82) is 0 Å². The molecule has 0 saturated carbocycles. The van der Waals surface area contributed by atoms with Crippen LogP contribution in [0.4, 0.5) is 0 Å². The van der Waals surface area contributed by atoms with Crippen molar-refractivity contribution in [2.24, 2.45) is 0 Å². The van der Waals surface area contributed by atoms with Crippen LogP contribution in [0.2, 0.25) is 0 Å². The minimum absolute atomic E-state index is 0.152. The molecule has 0 heterocycles. The Bertz CT molecular complexity index is 316. The molecule has 0 aliphatic rings. The summed E-state index contributed by atoms with van der Waals surface area (Å²) in [6.07, 6.45) is 2.55. The molecule has 0 amide bonds. The van der Waals surface area contributed by atoms with Crippen LogP contribution in [0.1, 0.15) is 24.8 Å². The van der Waals surface area contributed by atoms with Crippen molar-refractivity contribution >= 4 is 5.97 Å². The standard InChI is InChI=1S/C13H17O3/c1-2-4-11-6-8-12(9-7-11)16-10-3-5-13(14)15/h6-9H,1-5,10H2,(H,14,15). The molecule has 1 radical (unpaired) electrons. The zero-order valence-electron chi connectivity index (χ0n) is 9.32. The molecule has 1 rings (SSSR count). The van der Waals surface area contributed by atoms with Crippen LogP contribution in [0.15, 0.2) is 24.3 Å². The number of hydrogen-bond donors (Lipinski definition) is 1. The predicted octanol–water partition coefficient (Wildman–Crippen LogP) is 2.70. The summed E-state index contributed by atoms with van der Waals surface area (Å²) in [5, 5.41) is 8.44. The van der Waals surface area contributed by atoms with Crippen LogP contribution >= 0.6 is 0 Å². The summed E-state index contributed by atoms with van der Waals surface area (Å²) in [5.74, 6) is 0.00703. The van der Waals surface area contributed by atoms with Crippen LogP contribution in [-0.2, 0) is 11.2 Å². The van der Waals surface area contributed by atoms with Crippen LogP contribution in [0, 0.1) is 6.92 Å². The first kappa shape index (κ1) is 12.6. The summed E-state index contributed by atoms with van der Waals surface area (Å²) in [4.78, 5) is 10.3. The first-order chi connectivity index (χ1) is 7.72. The Morgan fingerprint density at radius 2 is 2.00 bits per heavy atom. The molecule has 0 fully saturated rings. The lowest BCUT2D eigenvalue weighted by molar-refractivity contribution is -0.137. The molecule has 1 aromatic carbocycles. The van der Waals surface area contributed by atoms with Gasteiger partial charge in [0.05, 0.1) is 6.61 Å². The largest absolute Gasteiger partial charge is 0.494 e. The summed E-state index contributed by atoms with van der Waals surface area (Å²) in [7, 11) is 0. The highest BCUT2D eigenvalue weighted by molar-refractivity contribution is 5.66. The lowest BCUT2D eigenvalue weighted by Gasteiger charge is -2.06. The van der Waals surface area contributed by atoms with Gasteiger partial charge >= 0.3 is 5.97 Å². The van der Waals surface area contributed by atoms with E-state index in [9.17, 15) is 4.79 Å². The maximum Gasteiger partial charge on any atom is 0.303 e. The normalized spacial score (nSPS) is 10.1. The van der Waals surface area contributed by atoms with Crippen LogP contribution < -0.4 is 4.74 Å². The van der Waals surface area contributed by atoms with Crippen LogP contribution in [0.5, 0.6) is 5.75 Å². The van der Waals surface area contributed by atoms with E-state index in [0.717, 1.165) is 18.6 Å². The van der Waals surface area contributed by atoms with Gasteiger partial charge in [-0.25, -0.2) is 0 Å². The van der Waals surface area contributed by atoms with Gasteiger partial charge in [0.2, 0.25) is 0 Å². The molecule has 0 bridgehead atoms. The topological polar surface area (TPSA) is 46.5 Å². The average Bonchev–Trinajstić information content (AvgIpc) is 2.27. The highest BCUT2D eigenvalue weighted by Gasteiger charge is 1.98. The highest BCUT2D eigenvalue weighted by atomic mass is 16.5. The van der Waals surface area contributed by atoms with Crippen LogP contribution in [0.3, 0.4) is 0 Å². The van der Waals surface area contributed by atoms with Gasteiger partial charge in [0.15, 0.2) is 0 Å². The van der Waals surface area contributed by atoms with E-state index >= 15 is 0 Å². The molecular formula is C13H17O3. The van der Waals surface area contributed by atoms with E-state index in [0.29, 0.717) is 13.0 Å². The molecule has 0 aliphatic carbocycles. The van der Waals surface area contributed by atoms with Crippen molar-refractivity contribution in [2.45, 2.75) is 25.7 Å². The molecule has 1 N–H and O–H groups in total. The summed E-state index contributed by atoms with van der Waals surface area (Å²) in [6, 6.07) is 7.84. The number of aryl methyl sites for hydroxylation is 1. The van der Waals surface area contributed by atoms with Crippen molar-refractivity contribution in [3.05, 3.63) is 36.8 Å². The van der Waals surface area contributed by atoms with E-state index < -0.39 is 5.97 Å². The van der Waals surface area contributed by atoms with Crippen molar-refractivity contribution in [2.75, 3.05) is 6.61 Å². The number of ether oxygens (including phenoxy) is 1. The van der Waals surface area contributed by atoms with E-state index in [1.807, 2.05) is 24.3 Å². The first-order valence-electron chi connectivity index (χ1n) is 5.45. The van der Waals surface area contributed by atoms with E-state index in [1.165, 1.54) is 5.56 Å². The van der Waals surface area contributed by atoms with Gasteiger partial charge in [-0.15, -0.1) is 0 Å². The Labute approximate surface area is 96.1 Å². The summed E-state index contributed by atoms with van der Waals surface area (Å²) >= 11 is 0. The molecule has 0 unspecified atom stereocenters. The predicted molar refractivity (Wildman–Crippen MR) is 62.5 cm³/mol. The van der Waals surface area contributed by atoms with Gasteiger partial charge in [-0.1, -0.05) is 19.1 Å². The Hall–Kier alpha value is -1.51. The van der Waals surface area contributed by atoms with Gasteiger partial charge in [0, 0.05) is 6.42 Å². The number of benzene rings is 1. The molecular weight excluding hydrogens is 204 g/mol. The number of hydrogen-bond acceptors (Lipinski definition) is 2. The second kappa shape index (κ2) is 6.88. The second-order valence-corrected chi connectivity index (χ2v) is 3.59. The van der Waals surface area contributed by atoms with Crippen LogP contribution in [-0.4, -0.2) is 17.7 Å². The van der Waals surface area contributed by atoms with Crippen molar-refractivity contribution in [3.63, 3.8) is 0 Å². The molecule has 0 spiro atoms. The van der Waals surface area contributed by atoms with Crippen molar-refractivity contribution in [3.8, 4) is 5.75 Å². The zero-order chi connectivity index (χ0) is 11.8. The average molecular weight is 221 g/mol. The number of carboxylic acids is 1. The Balaban J connectivity index is 2.29. The quantitative estimate of drug-likeness (QED) is 0.720. The Morgan fingerprint density at radius 1 is 1.31 bits per heavy atom. The minimum Gasteiger partial charge on any atom is -0.494 e. The van der Waals surface area contributed by atoms with Crippen molar-refractivity contribution in [1.82, 2.24) is 0 Å². The monoisotopic (exact) mass is 221 g/mol. The van der Waals surface area contributed by atoms with Gasteiger partial charge in [0.25, 0.3) is 0 Å². The molecule has 0 aromatic heterocycles. The molecule has 3 nitrogen and oxygen atoms in total.